The van der Waals surface area contributed by atoms with Crippen LogP contribution in [0.2, 0.25) is 0 Å². The van der Waals surface area contributed by atoms with Crippen molar-refractivity contribution in [3.05, 3.63) is 11.6 Å². The first-order chi connectivity index (χ1) is 13.6. The standard InChI is InChI=1S/C28H48O/c1-19(2)9-7-10-20(3)22-15-17-27(5)23-14-13-21-11-8-12-25(29)28(21,6)24(23)16-18-26(22,27)4/h14,19-22,24-25,29H,7-13,15-18H2,1-6H3/t20-,21?,22-,24+,25?,26-,27+,28+/m1/s1. The highest BCUT2D eigenvalue weighted by atomic mass is 16.3. The molecule has 4 rings (SSSR count). The zero-order valence-electron chi connectivity index (χ0n) is 20.3. The summed E-state index contributed by atoms with van der Waals surface area (Å²) in [6.45, 7) is 15.0. The Kier molecular flexibility index (Phi) is 5.81. The Hall–Kier alpha value is -0.300. The fraction of sp³-hybridized carbons (Fsp3) is 0.929. The molecule has 0 bridgehead atoms. The van der Waals surface area contributed by atoms with Gasteiger partial charge in [-0.25, -0.2) is 0 Å². The lowest BCUT2D eigenvalue weighted by Crippen LogP contribution is -2.56. The highest BCUT2D eigenvalue weighted by Crippen LogP contribution is 2.72. The molecule has 1 nitrogen and oxygen atoms in total. The maximum absolute atomic E-state index is 11.1. The van der Waals surface area contributed by atoms with Gasteiger partial charge in [-0.05, 0) is 85.4 Å². The van der Waals surface area contributed by atoms with E-state index in [0.717, 1.165) is 24.2 Å². The van der Waals surface area contributed by atoms with Crippen LogP contribution >= 0.6 is 0 Å². The van der Waals surface area contributed by atoms with Crippen LogP contribution in [0.4, 0.5) is 0 Å². The molecule has 0 saturated heterocycles. The monoisotopic (exact) mass is 400 g/mol. The van der Waals surface area contributed by atoms with E-state index in [4.69, 9.17) is 0 Å². The Balaban J connectivity index is 1.58. The first-order valence-electron chi connectivity index (χ1n) is 13.0. The number of hydrogen-bond acceptors (Lipinski definition) is 1. The van der Waals surface area contributed by atoms with Crippen LogP contribution in [-0.4, -0.2) is 11.2 Å². The second kappa shape index (κ2) is 7.68. The molecule has 2 unspecified atom stereocenters. The summed E-state index contributed by atoms with van der Waals surface area (Å²) >= 11 is 0. The molecule has 29 heavy (non-hydrogen) atoms. The van der Waals surface area contributed by atoms with Crippen LogP contribution in [-0.2, 0) is 0 Å². The third-order valence-electron chi connectivity index (χ3n) is 11.1. The molecule has 1 heteroatoms. The second-order valence-corrected chi connectivity index (χ2v) is 12.7. The lowest BCUT2D eigenvalue weighted by molar-refractivity contribution is -0.107. The van der Waals surface area contributed by atoms with Gasteiger partial charge in [-0.1, -0.05) is 78.9 Å². The van der Waals surface area contributed by atoms with Crippen LogP contribution in [0, 0.1) is 45.8 Å². The van der Waals surface area contributed by atoms with Gasteiger partial charge in [-0.2, -0.15) is 0 Å². The molecular weight excluding hydrogens is 352 g/mol. The zero-order chi connectivity index (χ0) is 21.0. The highest BCUT2D eigenvalue weighted by Gasteiger charge is 2.64. The lowest BCUT2D eigenvalue weighted by atomic mass is 9.43. The summed E-state index contributed by atoms with van der Waals surface area (Å²) in [6.07, 6.45) is 17.1. The van der Waals surface area contributed by atoms with E-state index in [0.29, 0.717) is 22.7 Å². The predicted molar refractivity (Wildman–Crippen MR) is 124 cm³/mol. The Morgan fingerprint density at radius 1 is 1.00 bits per heavy atom. The molecule has 0 aliphatic heterocycles. The van der Waals surface area contributed by atoms with Crippen molar-refractivity contribution in [2.45, 2.75) is 118 Å². The van der Waals surface area contributed by atoms with Gasteiger partial charge in [0, 0.05) is 5.41 Å². The lowest BCUT2D eigenvalue weighted by Gasteiger charge is -2.62. The van der Waals surface area contributed by atoms with E-state index in [2.05, 4.69) is 47.6 Å². The van der Waals surface area contributed by atoms with Gasteiger partial charge < -0.3 is 5.11 Å². The minimum absolute atomic E-state index is 0.0879. The Bertz CT molecular complexity index is 634. The molecule has 166 valence electrons. The van der Waals surface area contributed by atoms with Crippen molar-refractivity contribution >= 4 is 0 Å². The van der Waals surface area contributed by atoms with Crippen molar-refractivity contribution in [1.82, 2.24) is 0 Å². The fourth-order valence-corrected chi connectivity index (χ4v) is 8.96. The van der Waals surface area contributed by atoms with Gasteiger partial charge in [0.05, 0.1) is 6.10 Å². The van der Waals surface area contributed by atoms with Crippen molar-refractivity contribution in [3.63, 3.8) is 0 Å². The maximum Gasteiger partial charge on any atom is 0.0602 e. The van der Waals surface area contributed by atoms with Gasteiger partial charge in [0.1, 0.15) is 0 Å². The van der Waals surface area contributed by atoms with Crippen molar-refractivity contribution in [2.24, 2.45) is 45.8 Å². The van der Waals surface area contributed by atoms with Crippen molar-refractivity contribution in [1.29, 1.82) is 0 Å². The Morgan fingerprint density at radius 2 is 1.76 bits per heavy atom. The van der Waals surface area contributed by atoms with E-state index in [1.54, 1.807) is 5.57 Å². The number of allylic oxidation sites excluding steroid dienone is 2. The molecule has 1 N–H and O–H groups in total. The summed E-state index contributed by atoms with van der Waals surface area (Å²) in [5.41, 5.74) is 2.73. The molecule has 0 aromatic carbocycles. The first kappa shape index (κ1) is 21.9. The summed E-state index contributed by atoms with van der Waals surface area (Å²) in [4.78, 5) is 0. The summed E-state index contributed by atoms with van der Waals surface area (Å²) in [6, 6.07) is 0. The molecule has 3 saturated carbocycles. The summed E-state index contributed by atoms with van der Waals surface area (Å²) < 4.78 is 0. The molecule has 4 aliphatic carbocycles. The molecule has 3 fully saturated rings. The molecule has 0 radical (unpaired) electrons. The minimum atomic E-state index is -0.0879. The normalized spacial score (nSPS) is 47.9. The van der Waals surface area contributed by atoms with Crippen LogP contribution in [0.3, 0.4) is 0 Å². The smallest absolute Gasteiger partial charge is 0.0602 e. The maximum atomic E-state index is 11.1. The zero-order valence-corrected chi connectivity index (χ0v) is 20.3. The number of hydrogen-bond donors (Lipinski definition) is 1. The average Bonchev–Trinajstić information content (AvgIpc) is 2.94. The Morgan fingerprint density at radius 3 is 2.48 bits per heavy atom. The van der Waals surface area contributed by atoms with Crippen LogP contribution in [0.25, 0.3) is 0 Å². The van der Waals surface area contributed by atoms with Crippen molar-refractivity contribution < 1.29 is 5.11 Å². The van der Waals surface area contributed by atoms with E-state index < -0.39 is 0 Å². The molecule has 0 aromatic heterocycles. The fourth-order valence-electron chi connectivity index (χ4n) is 8.96. The van der Waals surface area contributed by atoms with Crippen molar-refractivity contribution in [2.75, 3.05) is 0 Å². The van der Waals surface area contributed by atoms with E-state index in [1.165, 1.54) is 64.2 Å². The third-order valence-corrected chi connectivity index (χ3v) is 11.1. The highest BCUT2D eigenvalue weighted by molar-refractivity contribution is 5.33. The molecule has 4 aliphatic rings. The number of aliphatic hydroxyl groups is 1. The van der Waals surface area contributed by atoms with Crippen LogP contribution in [0.5, 0.6) is 0 Å². The number of fused-ring (bicyclic) bond motifs is 5. The minimum Gasteiger partial charge on any atom is -0.393 e. The Labute approximate surface area is 181 Å². The van der Waals surface area contributed by atoms with Gasteiger partial charge in [0.25, 0.3) is 0 Å². The molecular formula is C28H48O. The largest absolute Gasteiger partial charge is 0.393 e. The van der Waals surface area contributed by atoms with Gasteiger partial charge in [0.2, 0.25) is 0 Å². The number of aliphatic hydroxyl groups excluding tert-OH is 1. The first-order valence-corrected chi connectivity index (χ1v) is 13.0. The summed E-state index contributed by atoms with van der Waals surface area (Å²) in [5, 5.41) is 11.1. The van der Waals surface area contributed by atoms with Crippen LogP contribution in [0.1, 0.15) is 112 Å². The third kappa shape index (κ3) is 3.19. The second-order valence-electron chi connectivity index (χ2n) is 12.7. The molecule has 0 spiro atoms. The molecule has 0 aromatic rings. The molecule has 0 heterocycles. The SMILES string of the molecule is CC(C)CCC[C@@H](C)[C@H]1CC[C@@]2(C)C3=CCC4CCCC(O)[C@]4(C)[C@H]3CC[C@]12C. The van der Waals surface area contributed by atoms with Crippen molar-refractivity contribution in [3.8, 4) is 0 Å². The van der Waals surface area contributed by atoms with E-state index in [1.807, 2.05) is 0 Å². The van der Waals surface area contributed by atoms with E-state index in [9.17, 15) is 5.11 Å². The van der Waals surface area contributed by atoms with Gasteiger partial charge in [-0.15, -0.1) is 0 Å². The van der Waals surface area contributed by atoms with Gasteiger partial charge in [-0.3, -0.25) is 0 Å². The van der Waals surface area contributed by atoms with Gasteiger partial charge >= 0.3 is 0 Å². The van der Waals surface area contributed by atoms with E-state index >= 15 is 0 Å². The van der Waals surface area contributed by atoms with E-state index in [-0.39, 0.29) is 11.5 Å². The van der Waals surface area contributed by atoms with Crippen LogP contribution in [0.15, 0.2) is 11.6 Å². The summed E-state index contributed by atoms with van der Waals surface area (Å²) in [5.74, 6) is 3.91. The molecule has 8 atom stereocenters. The quantitative estimate of drug-likeness (QED) is 0.467. The number of rotatable bonds is 5. The molecule has 0 amide bonds. The van der Waals surface area contributed by atoms with Crippen LogP contribution < -0.4 is 0 Å². The van der Waals surface area contributed by atoms with Gasteiger partial charge in [0.15, 0.2) is 0 Å². The predicted octanol–water partition coefficient (Wildman–Crippen LogP) is 7.78. The summed E-state index contributed by atoms with van der Waals surface area (Å²) in [7, 11) is 0. The topological polar surface area (TPSA) is 20.2 Å². The average molecular weight is 401 g/mol.